The van der Waals surface area contributed by atoms with Crippen LogP contribution >= 0.6 is 0 Å². The van der Waals surface area contributed by atoms with Gasteiger partial charge in [-0.3, -0.25) is 4.90 Å². The first-order valence-electron chi connectivity index (χ1n) is 9.38. The Morgan fingerprint density at radius 1 is 1.17 bits per heavy atom. The minimum Gasteiger partial charge on any atom is -0.497 e. The van der Waals surface area contributed by atoms with Crippen molar-refractivity contribution in [1.29, 1.82) is 5.26 Å². The fraction of sp³-hybridized carbons (Fsp3) is 0.409. The van der Waals surface area contributed by atoms with Crippen molar-refractivity contribution < 1.29 is 27.8 Å². The summed E-state index contributed by atoms with van der Waals surface area (Å²) in [5.41, 5.74) is -1.08. The van der Waals surface area contributed by atoms with E-state index in [0.717, 1.165) is 23.4 Å². The third-order valence-electron chi connectivity index (χ3n) is 5.25. The number of hydrogen-bond acceptors (Lipinski definition) is 5. The zero-order chi connectivity index (χ0) is 22.1. The predicted octanol–water partition coefficient (Wildman–Crippen LogP) is 4.19. The lowest BCUT2D eigenvalue weighted by molar-refractivity contribution is -0.138. The van der Waals surface area contributed by atoms with Crippen molar-refractivity contribution in [3.05, 3.63) is 59.2 Å². The van der Waals surface area contributed by atoms with Crippen LogP contribution in [0.15, 0.2) is 42.5 Å². The van der Waals surface area contributed by atoms with E-state index in [-0.39, 0.29) is 5.75 Å². The lowest BCUT2D eigenvalue weighted by Gasteiger charge is -2.28. The first-order chi connectivity index (χ1) is 14.0. The summed E-state index contributed by atoms with van der Waals surface area (Å²) >= 11 is 0. The Bertz CT molecular complexity index is 936. The van der Waals surface area contributed by atoms with Crippen molar-refractivity contribution in [3.8, 4) is 17.6 Å². The van der Waals surface area contributed by atoms with Crippen LogP contribution in [0.3, 0.4) is 0 Å². The van der Waals surface area contributed by atoms with E-state index >= 15 is 0 Å². The Morgan fingerprint density at radius 3 is 2.37 bits per heavy atom. The number of benzene rings is 2. The van der Waals surface area contributed by atoms with Crippen molar-refractivity contribution in [2.45, 2.75) is 38.9 Å². The number of rotatable bonds is 5. The summed E-state index contributed by atoms with van der Waals surface area (Å²) < 4.78 is 50.7. The molecule has 0 spiro atoms. The maximum Gasteiger partial charge on any atom is 0.417 e. The second-order valence-electron chi connectivity index (χ2n) is 8.01. The molecule has 2 atom stereocenters. The van der Waals surface area contributed by atoms with E-state index in [1.54, 1.807) is 13.2 Å². The van der Waals surface area contributed by atoms with E-state index in [1.807, 2.05) is 43.0 Å². The van der Waals surface area contributed by atoms with Crippen LogP contribution in [-0.2, 0) is 12.7 Å². The number of nitriles is 1. The fourth-order valence-corrected chi connectivity index (χ4v) is 3.71. The number of aliphatic hydroxyl groups excluding tert-OH is 1. The first-order valence-corrected chi connectivity index (χ1v) is 9.38. The molecule has 1 heterocycles. The fourth-order valence-electron chi connectivity index (χ4n) is 3.71. The highest BCUT2D eigenvalue weighted by Gasteiger charge is 2.48. The van der Waals surface area contributed by atoms with Crippen molar-refractivity contribution in [3.63, 3.8) is 0 Å². The summed E-state index contributed by atoms with van der Waals surface area (Å²) in [5, 5.41) is 19.8. The number of methoxy groups -OCH3 is 1. The van der Waals surface area contributed by atoms with E-state index in [1.165, 1.54) is 6.07 Å². The normalized spacial score (nSPS) is 21.3. The van der Waals surface area contributed by atoms with E-state index in [2.05, 4.69) is 0 Å². The summed E-state index contributed by atoms with van der Waals surface area (Å²) in [6.45, 7) is 4.73. The largest absolute Gasteiger partial charge is 0.497 e. The average molecular weight is 420 g/mol. The van der Waals surface area contributed by atoms with Gasteiger partial charge < -0.3 is 14.6 Å². The standard InChI is InChI=1S/C22H23F3N2O3/c1-21(2)13-27(12-14-4-7-16(29-3)8-5-14)20(28)19(21)30-17-9-6-15(11-26)18(10-17)22(23,24)25/h4-10,19-20,28H,12-13H2,1-3H3/t19-,20?/m0/s1. The minimum atomic E-state index is -4.67. The van der Waals surface area contributed by atoms with Gasteiger partial charge in [0.25, 0.3) is 0 Å². The smallest absolute Gasteiger partial charge is 0.417 e. The van der Waals surface area contributed by atoms with Crippen molar-refractivity contribution in [2.75, 3.05) is 13.7 Å². The second-order valence-corrected chi connectivity index (χ2v) is 8.01. The number of ether oxygens (including phenoxy) is 2. The number of likely N-dealkylation sites (tertiary alicyclic amines) is 1. The molecule has 1 aliphatic rings. The molecule has 8 heteroatoms. The molecule has 0 bridgehead atoms. The number of halogens is 3. The summed E-state index contributed by atoms with van der Waals surface area (Å²) in [7, 11) is 1.58. The quantitative estimate of drug-likeness (QED) is 0.786. The lowest BCUT2D eigenvalue weighted by Crippen LogP contribution is -2.40. The molecule has 2 aromatic rings. The van der Waals surface area contributed by atoms with E-state index in [4.69, 9.17) is 14.7 Å². The second kappa shape index (κ2) is 8.17. The van der Waals surface area contributed by atoms with Gasteiger partial charge >= 0.3 is 6.18 Å². The van der Waals surface area contributed by atoms with Crippen LogP contribution < -0.4 is 9.47 Å². The van der Waals surface area contributed by atoms with Crippen LogP contribution in [0.25, 0.3) is 0 Å². The highest BCUT2D eigenvalue weighted by Crippen LogP contribution is 2.39. The van der Waals surface area contributed by atoms with Crippen LogP contribution in [0.5, 0.6) is 11.5 Å². The first kappa shape index (κ1) is 21.9. The summed E-state index contributed by atoms with van der Waals surface area (Å²) in [6, 6.07) is 12.2. The van der Waals surface area contributed by atoms with Crippen LogP contribution in [0.2, 0.25) is 0 Å². The summed E-state index contributed by atoms with van der Waals surface area (Å²) in [5.74, 6) is 0.688. The lowest BCUT2D eigenvalue weighted by atomic mass is 9.89. The maximum atomic E-state index is 13.2. The number of aliphatic hydroxyl groups is 1. The molecule has 2 aromatic carbocycles. The Balaban J connectivity index is 1.80. The number of hydrogen-bond donors (Lipinski definition) is 1. The molecule has 30 heavy (non-hydrogen) atoms. The predicted molar refractivity (Wildman–Crippen MR) is 104 cm³/mol. The van der Waals surface area contributed by atoms with Gasteiger partial charge in [-0.05, 0) is 35.9 Å². The maximum absolute atomic E-state index is 13.2. The Labute approximate surface area is 173 Å². The van der Waals surface area contributed by atoms with Gasteiger partial charge in [-0.25, -0.2) is 0 Å². The van der Waals surface area contributed by atoms with Crippen molar-refractivity contribution in [1.82, 2.24) is 4.90 Å². The molecule has 0 saturated carbocycles. The molecular formula is C22H23F3N2O3. The van der Waals surface area contributed by atoms with Crippen LogP contribution in [-0.4, -0.2) is 36.0 Å². The average Bonchev–Trinajstić information content (AvgIpc) is 2.90. The van der Waals surface area contributed by atoms with Crippen LogP contribution in [0.1, 0.15) is 30.5 Å². The minimum absolute atomic E-state index is 0.0373. The summed E-state index contributed by atoms with van der Waals surface area (Å²) in [4.78, 5) is 1.82. The van der Waals surface area contributed by atoms with Gasteiger partial charge in [0.15, 0.2) is 0 Å². The number of nitrogens with zero attached hydrogens (tertiary/aromatic N) is 2. The molecule has 0 aliphatic carbocycles. The Hall–Kier alpha value is -2.76. The van der Waals surface area contributed by atoms with Gasteiger partial charge in [-0.2, -0.15) is 18.4 Å². The van der Waals surface area contributed by atoms with Gasteiger partial charge in [0.05, 0.1) is 24.3 Å². The van der Waals surface area contributed by atoms with E-state index in [0.29, 0.717) is 13.1 Å². The molecule has 0 amide bonds. The molecule has 5 nitrogen and oxygen atoms in total. The molecule has 0 radical (unpaired) electrons. The Morgan fingerprint density at radius 2 is 1.80 bits per heavy atom. The molecule has 1 unspecified atom stereocenters. The van der Waals surface area contributed by atoms with Gasteiger partial charge in [0, 0.05) is 18.5 Å². The van der Waals surface area contributed by atoms with Gasteiger partial charge in [0.1, 0.15) is 23.8 Å². The van der Waals surface area contributed by atoms with Gasteiger partial charge in [0.2, 0.25) is 0 Å². The number of alkyl halides is 3. The van der Waals surface area contributed by atoms with Crippen LogP contribution in [0.4, 0.5) is 13.2 Å². The van der Waals surface area contributed by atoms with Gasteiger partial charge in [-0.1, -0.05) is 26.0 Å². The molecule has 0 aromatic heterocycles. The molecule has 1 N–H and O–H groups in total. The van der Waals surface area contributed by atoms with Crippen molar-refractivity contribution in [2.24, 2.45) is 5.41 Å². The monoisotopic (exact) mass is 420 g/mol. The molecule has 3 rings (SSSR count). The highest BCUT2D eigenvalue weighted by molar-refractivity contribution is 5.44. The third-order valence-corrected chi connectivity index (χ3v) is 5.25. The third kappa shape index (κ3) is 4.53. The SMILES string of the molecule is COc1ccc(CN2CC(C)(C)[C@@H](Oc3ccc(C#N)c(C(F)(F)F)c3)C2O)cc1. The summed E-state index contributed by atoms with van der Waals surface area (Å²) in [6.07, 6.45) is -6.42. The molecule has 1 aliphatic heterocycles. The Kier molecular flexibility index (Phi) is 5.97. The molecular weight excluding hydrogens is 397 g/mol. The van der Waals surface area contributed by atoms with Gasteiger partial charge in [-0.15, -0.1) is 0 Å². The topological polar surface area (TPSA) is 65.7 Å². The van der Waals surface area contributed by atoms with E-state index in [9.17, 15) is 18.3 Å². The zero-order valence-corrected chi connectivity index (χ0v) is 16.9. The molecule has 160 valence electrons. The highest BCUT2D eigenvalue weighted by atomic mass is 19.4. The van der Waals surface area contributed by atoms with Crippen LogP contribution in [0, 0.1) is 16.7 Å². The molecule has 1 saturated heterocycles. The zero-order valence-electron chi connectivity index (χ0n) is 16.9. The van der Waals surface area contributed by atoms with E-state index < -0.39 is 35.1 Å². The van der Waals surface area contributed by atoms with Crippen molar-refractivity contribution >= 4 is 0 Å². The molecule has 1 fully saturated rings.